The quantitative estimate of drug-likeness (QED) is 0.511. The number of fused-ring (bicyclic) bond motifs is 3. The normalized spacial score (nSPS) is 16.1. The summed E-state index contributed by atoms with van der Waals surface area (Å²) in [5, 5.41) is 4.49. The lowest BCUT2D eigenvalue weighted by Gasteiger charge is -2.35. The van der Waals surface area contributed by atoms with Crippen molar-refractivity contribution in [1.29, 1.82) is 0 Å². The number of pyridine rings is 1. The van der Waals surface area contributed by atoms with Crippen LogP contribution in [-0.2, 0) is 11.3 Å². The number of nitrogens with one attached hydrogen (secondary N) is 1. The smallest absolute Gasteiger partial charge is 0.272 e. The topological polar surface area (TPSA) is 67.6 Å². The van der Waals surface area contributed by atoms with E-state index in [1.54, 1.807) is 18.3 Å². The summed E-state index contributed by atoms with van der Waals surface area (Å²) in [7, 11) is 1.67. The number of anilines is 2. The van der Waals surface area contributed by atoms with E-state index in [0.717, 1.165) is 32.8 Å². The van der Waals surface area contributed by atoms with Gasteiger partial charge in [0.25, 0.3) is 5.91 Å². The highest BCUT2D eigenvalue weighted by Crippen LogP contribution is 2.45. The largest absolute Gasteiger partial charge is 0.465 e. The van der Waals surface area contributed by atoms with Crippen molar-refractivity contribution in [3.8, 4) is 0 Å². The first-order chi connectivity index (χ1) is 14.2. The summed E-state index contributed by atoms with van der Waals surface area (Å²) in [5.74, 6) is 0.593. The third-order valence-electron chi connectivity index (χ3n) is 4.97. The Morgan fingerprint density at radius 1 is 1.24 bits per heavy atom. The second-order valence-corrected chi connectivity index (χ2v) is 7.91. The zero-order chi connectivity index (χ0) is 20.0. The SMILES string of the molecule is COCc1cc(C)nc2sc3c(c12)NC(c1ccco1)N(c1ccccc1)C3=O. The molecule has 4 heterocycles. The number of hydrogen-bond donors (Lipinski definition) is 1. The number of hydrogen-bond acceptors (Lipinski definition) is 6. The van der Waals surface area contributed by atoms with Gasteiger partial charge in [-0.3, -0.25) is 9.69 Å². The number of carbonyl (C=O) groups is 1. The lowest BCUT2D eigenvalue weighted by Crippen LogP contribution is -2.42. The summed E-state index contributed by atoms with van der Waals surface area (Å²) >= 11 is 1.41. The zero-order valence-electron chi connectivity index (χ0n) is 16.0. The number of thiophene rings is 1. The van der Waals surface area contributed by atoms with Gasteiger partial charge >= 0.3 is 0 Å². The lowest BCUT2D eigenvalue weighted by molar-refractivity contribution is 0.0976. The van der Waals surface area contributed by atoms with E-state index >= 15 is 0 Å². The molecule has 0 radical (unpaired) electrons. The van der Waals surface area contributed by atoms with Gasteiger partial charge < -0.3 is 14.5 Å². The monoisotopic (exact) mass is 405 g/mol. The van der Waals surface area contributed by atoms with Crippen LogP contribution >= 0.6 is 11.3 Å². The van der Waals surface area contributed by atoms with Gasteiger partial charge in [-0.05, 0) is 42.8 Å². The summed E-state index contributed by atoms with van der Waals surface area (Å²) in [4.78, 5) is 21.5. The minimum Gasteiger partial charge on any atom is -0.465 e. The molecule has 0 saturated carbocycles. The van der Waals surface area contributed by atoms with Gasteiger partial charge in [-0.15, -0.1) is 11.3 Å². The van der Waals surface area contributed by atoms with Crippen molar-refractivity contribution in [3.63, 3.8) is 0 Å². The van der Waals surface area contributed by atoms with E-state index < -0.39 is 6.17 Å². The van der Waals surface area contributed by atoms with Crippen LogP contribution in [0.15, 0.2) is 59.2 Å². The molecule has 4 aromatic rings. The molecule has 146 valence electrons. The molecule has 1 aliphatic heterocycles. The highest BCUT2D eigenvalue weighted by atomic mass is 32.1. The van der Waals surface area contributed by atoms with Crippen molar-refractivity contribution in [2.45, 2.75) is 19.7 Å². The number of aryl methyl sites for hydroxylation is 1. The number of ether oxygens (including phenoxy) is 1. The van der Waals surface area contributed by atoms with Gasteiger partial charge in [-0.1, -0.05) is 18.2 Å². The molecule has 7 heteroatoms. The predicted octanol–water partition coefficient (Wildman–Crippen LogP) is 5.12. The molecule has 0 spiro atoms. The van der Waals surface area contributed by atoms with E-state index in [-0.39, 0.29) is 5.91 Å². The molecule has 0 aliphatic carbocycles. The van der Waals surface area contributed by atoms with Gasteiger partial charge in [0.2, 0.25) is 0 Å². The maximum atomic E-state index is 13.6. The molecule has 1 aromatic carbocycles. The molecule has 0 fully saturated rings. The summed E-state index contributed by atoms with van der Waals surface area (Å²) < 4.78 is 11.1. The molecule has 3 aromatic heterocycles. The third-order valence-corrected chi connectivity index (χ3v) is 6.04. The standard InChI is InChI=1S/C22H19N3O3S/c1-13-11-14(12-27-2)17-18-19(29-21(17)23-13)22(26)25(15-7-4-3-5-8-15)20(24-18)16-9-6-10-28-16/h3-11,20,24H,12H2,1-2H3. The zero-order valence-corrected chi connectivity index (χ0v) is 16.8. The number of furan rings is 1. The van der Waals surface area contributed by atoms with Gasteiger partial charge in [-0.2, -0.15) is 0 Å². The Morgan fingerprint density at radius 3 is 2.79 bits per heavy atom. The van der Waals surface area contributed by atoms with Crippen molar-refractivity contribution in [2.24, 2.45) is 0 Å². The fourth-order valence-corrected chi connectivity index (χ4v) is 4.97. The van der Waals surface area contributed by atoms with Crippen molar-refractivity contribution < 1.29 is 13.9 Å². The molecule has 0 bridgehead atoms. The second-order valence-electron chi connectivity index (χ2n) is 6.92. The Kier molecular flexibility index (Phi) is 4.34. The van der Waals surface area contributed by atoms with Gasteiger partial charge in [0.1, 0.15) is 15.5 Å². The van der Waals surface area contributed by atoms with Crippen LogP contribution in [0.2, 0.25) is 0 Å². The number of rotatable bonds is 4. The van der Waals surface area contributed by atoms with E-state index in [1.807, 2.05) is 55.5 Å². The molecule has 6 nitrogen and oxygen atoms in total. The predicted molar refractivity (Wildman–Crippen MR) is 113 cm³/mol. The Labute approximate surface area is 171 Å². The van der Waals surface area contributed by atoms with E-state index in [2.05, 4.69) is 10.3 Å². The average molecular weight is 405 g/mol. The van der Waals surface area contributed by atoms with Crippen molar-refractivity contribution in [3.05, 3.63) is 76.7 Å². The average Bonchev–Trinajstić information content (AvgIpc) is 3.36. The first-order valence-electron chi connectivity index (χ1n) is 9.28. The summed E-state index contributed by atoms with van der Waals surface area (Å²) in [6.07, 6.45) is 1.16. The molecule has 1 N–H and O–H groups in total. The van der Waals surface area contributed by atoms with E-state index in [0.29, 0.717) is 17.2 Å². The number of nitrogens with zero attached hydrogens (tertiary/aromatic N) is 2. The molecular weight excluding hydrogens is 386 g/mol. The first-order valence-corrected chi connectivity index (χ1v) is 10.1. The van der Waals surface area contributed by atoms with Crippen LogP contribution in [0.1, 0.15) is 32.9 Å². The Morgan fingerprint density at radius 2 is 2.07 bits per heavy atom. The van der Waals surface area contributed by atoms with E-state index in [4.69, 9.17) is 9.15 Å². The molecule has 29 heavy (non-hydrogen) atoms. The highest BCUT2D eigenvalue weighted by Gasteiger charge is 2.38. The molecule has 1 aliphatic rings. The fraction of sp³-hybridized carbons (Fsp3) is 0.182. The number of methoxy groups -OCH3 is 1. The Balaban J connectivity index is 1.73. The van der Waals surface area contributed by atoms with Crippen LogP contribution in [0.25, 0.3) is 10.2 Å². The van der Waals surface area contributed by atoms with E-state index in [1.165, 1.54) is 11.3 Å². The first kappa shape index (κ1) is 17.9. The van der Waals surface area contributed by atoms with Crippen molar-refractivity contribution in [1.82, 2.24) is 4.98 Å². The van der Waals surface area contributed by atoms with Gasteiger partial charge in [0.15, 0.2) is 6.17 Å². The van der Waals surface area contributed by atoms with Crippen LogP contribution in [0.3, 0.4) is 0 Å². The summed E-state index contributed by atoms with van der Waals surface area (Å²) in [6, 6.07) is 15.3. The van der Waals surface area contributed by atoms with Crippen LogP contribution in [0, 0.1) is 6.92 Å². The second kappa shape index (κ2) is 7.02. The van der Waals surface area contributed by atoms with Gasteiger partial charge in [0, 0.05) is 23.9 Å². The number of aromatic nitrogens is 1. The van der Waals surface area contributed by atoms with Crippen LogP contribution in [-0.4, -0.2) is 18.0 Å². The minimum absolute atomic E-state index is 0.0737. The number of carbonyl (C=O) groups excluding carboxylic acids is 1. The summed E-state index contributed by atoms with van der Waals surface area (Å²) in [6.45, 7) is 2.40. The number of amides is 1. The Hall–Kier alpha value is -3.16. The van der Waals surface area contributed by atoms with Crippen LogP contribution < -0.4 is 10.2 Å². The molecule has 1 atom stereocenters. The van der Waals surface area contributed by atoms with Gasteiger partial charge in [0.05, 0.1) is 18.6 Å². The Bertz CT molecular complexity index is 1190. The molecule has 1 amide bonds. The third kappa shape index (κ3) is 2.90. The van der Waals surface area contributed by atoms with Crippen molar-refractivity contribution in [2.75, 3.05) is 17.3 Å². The maximum absolute atomic E-state index is 13.6. The van der Waals surface area contributed by atoms with E-state index in [9.17, 15) is 4.79 Å². The number of para-hydroxylation sites is 1. The molecule has 0 saturated heterocycles. The fourth-order valence-electron chi connectivity index (χ4n) is 3.80. The minimum atomic E-state index is -0.457. The highest BCUT2D eigenvalue weighted by molar-refractivity contribution is 7.21. The molecule has 1 unspecified atom stereocenters. The maximum Gasteiger partial charge on any atom is 0.272 e. The summed E-state index contributed by atoms with van der Waals surface area (Å²) in [5.41, 5.74) is 3.51. The molecular formula is C22H19N3O3S. The number of benzene rings is 1. The molecule has 5 rings (SSSR count). The van der Waals surface area contributed by atoms with Crippen LogP contribution in [0.5, 0.6) is 0 Å². The lowest BCUT2D eigenvalue weighted by atomic mass is 10.1. The van der Waals surface area contributed by atoms with Gasteiger partial charge in [-0.25, -0.2) is 4.98 Å². The van der Waals surface area contributed by atoms with Crippen molar-refractivity contribution >= 4 is 38.8 Å². The van der Waals surface area contributed by atoms with Crippen LogP contribution in [0.4, 0.5) is 11.4 Å².